The Morgan fingerprint density at radius 3 is 2.00 bits per heavy atom. The lowest BCUT2D eigenvalue weighted by molar-refractivity contribution is -0.156. The number of piperazine rings is 1. The number of nitrogens with zero attached hydrogens (tertiary/aromatic N) is 3. The fraction of sp³-hybridized carbons (Fsp3) is 0.432. The first-order chi connectivity index (χ1) is 24.6. The maximum atomic E-state index is 14.3. The van der Waals surface area contributed by atoms with E-state index in [0.29, 0.717) is 22.5 Å². The van der Waals surface area contributed by atoms with Gasteiger partial charge in [0.15, 0.2) is 6.23 Å². The zero-order chi connectivity index (χ0) is 36.1. The Labute approximate surface area is 303 Å². The summed E-state index contributed by atoms with van der Waals surface area (Å²) in [5.41, 5.74) is 8.02. The Balaban J connectivity index is 1.20. The number of ether oxygens (including phenoxy) is 2. The average Bonchev–Trinajstić information content (AvgIpc) is 3.13. The van der Waals surface area contributed by atoms with Gasteiger partial charge in [0.2, 0.25) is 0 Å². The highest BCUT2D eigenvalue weighted by Gasteiger charge is 2.44. The maximum Gasteiger partial charge on any atom is 0.338 e. The van der Waals surface area contributed by atoms with Crippen molar-refractivity contribution in [2.75, 3.05) is 26.2 Å². The minimum Gasteiger partial charge on any atom is -0.462 e. The van der Waals surface area contributed by atoms with Crippen LogP contribution in [0.2, 0.25) is 0 Å². The number of aliphatic imine (C=N–C) groups is 1. The van der Waals surface area contributed by atoms with Gasteiger partial charge in [-0.1, -0.05) is 84.1 Å². The van der Waals surface area contributed by atoms with Crippen LogP contribution in [0.15, 0.2) is 89.1 Å². The Morgan fingerprint density at radius 2 is 1.41 bits per heavy atom. The van der Waals surface area contributed by atoms with Gasteiger partial charge in [0.25, 0.3) is 0 Å². The number of terminal acetylenes is 1. The van der Waals surface area contributed by atoms with E-state index in [4.69, 9.17) is 20.9 Å². The summed E-state index contributed by atoms with van der Waals surface area (Å²) in [6.07, 6.45) is 10.2. The van der Waals surface area contributed by atoms with E-state index < -0.39 is 24.0 Å². The van der Waals surface area contributed by atoms with Crippen molar-refractivity contribution in [1.82, 2.24) is 9.80 Å². The van der Waals surface area contributed by atoms with Gasteiger partial charge >= 0.3 is 11.9 Å². The van der Waals surface area contributed by atoms with Crippen molar-refractivity contribution in [1.29, 1.82) is 0 Å². The van der Waals surface area contributed by atoms with Crippen molar-refractivity contribution >= 4 is 17.7 Å². The third-order valence-corrected chi connectivity index (χ3v) is 10.8. The lowest BCUT2D eigenvalue weighted by Gasteiger charge is -2.41. The first-order valence-electron chi connectivity index (χ1n) is 18.5. The van der Waals surface area contributed by atoms with Gasteiger partial charge in [-0.15, -0.1) is 6.42 Å². The Morgan fingerprint density at radius 1 is 0.824 bits per heavy atom. The summed E-state index contributed by atoms with van der Waals surface area (Å²) >= 11 is 0. The van der Waals surface area contributed by atoms with Gasteiger partial charge in [-0.2, -0.15) is 0 Å². The lowest BCUT2D eigenvalue weighted by Crippen LogP contribution is -2.51. The number of esters is 2. The largest absolute Gasteiger partial charge is 0.462 e. The molecule has 0 spiro atoms. The summed E-state index contributed by atoms with van der Waals surface area (Å²) in [6.45, 7) is 12.9. The normalized spacial score (nSPS) is 21.2. The van der Waals surface area contributed by atoms with Gasteiger partial charge in [0, 0.05) is 49.1 Å². The first-order valence-corrected chi connectivity index (χ1v) is 18.5. The molecule has 0 amide bonds. The molecule has 7 heteroatoms. The van der Waals surface area contributed by atoms with Crippen molar-refractivity contribution in [3.05, 3.63) is 117 Å². The molecule has 6 rings (SSSR count). The lowest BCUT2D eigenvalue weighted by atomic mass is 9.75. The molecule has 0 aromatic heterocycles. The van der Waals surface area contributed by atoms with E-state index in [1.54, 1.807) is 0 Å². The number of hydrogen-bond acceptors (Lipinski definition) is 7. The molecule has 3 aromatic rings. The molecule has 0 radical (unpaired) electrons. The fourth-order valence-electron chi connectivity index (χ4n) is 7.97. The minimum absolute atomic E-state index is 0.116. The smallest absolute Gasteiger partial charge is 0.338 e. The number of allylic oxidation sites excluding steroid dienone is 1. The van der Waals surface area contributed by atoms with Crippen LogP contribution in [0.4, 0.5) is 0 Å². The first kappa shape index (κ1) is 36.3. The summed E-state index contributed by atoms with van der Waals surface area (Å²) < 4.78 is 12.4. The van der Waals surface area contributed by atoms with Crippen molar-refractivity contribution in [2.24, 2.45) is 10.9 Å². The van der Waals surface area contributed by atoms with Crippen LogP contribution in [0, 0.1) is 32.1 Å². The van der Waals surface area contributed by atoms with E-state index in [0.717, 1.165) is 63.8 Å². The molecule has 3 aromatic carbocycles. The van der Waals surface area contributed by atoms with Gasteiger partial charge in [-0.05, 0) is 89.1 Å². The Hall–Kier alpha value is -4.51. The zero-order valence-electron chi connectivity index (χ0n) is 30.7. The van der Waals surface area contributed by atoms with Crippen LogP contribution in [0.5, 0.6) is 0 Å². The van der Waals surface area contributed by atoms with Gasteiger partial charge in [-0.25, -0.2) is 4.79 Å². The van der Waals surface area contributed by atoms with Crippen LogP contribution < -0.4 is 0 Å². The quantitative estimate of drug-likeness (QED) is 0.169. The molecule has 2 aliphatic heterocycles. The van der Waals surface area contributed by atoms with E-state index in [9.17, 15) is 9.59 Å². The van der Waals surface area contributed by atoms with Crippen LogP contribution in [0.1, 0.15) is 98.2 Å². The van der Waals surface area contributed by atoms with E-state index >= 15 is 0 Å². The maximum absolute atomic E-state index is 14.3. The molecule has 1 aliphatic carbocycles. The number of aryl methyl sites for hydroxylation is 2. The third-order valence-electron chi connectivity index (χ3n) is 10.8. The Bertz CT molecular complexity index is 1760. The molecule has 51 heavy (non-hydrogen) atoms. The van der Waals surface area contributed by atoms with Crippen LogP contribution >= 0.6 is 0 Å². The van der Waals surface area contributed by atoms with Gasteiger partial charge in [0.1, 0.15) is 12.0 Å². The SMILES string of the molecule is C#Cc1cccc(C2C(C(=O)OC(C)N3CCN(C(c4ccc(C)cc4)c4ccc(C)cc4)CC3)=C(C)N=C(C)C2C(=O)OC2CCCCC2)c1. The molecule has 1 saturated carbocycles. The molecule has 266 valence electrons. The topological polar surface area (TPSA) is 71.4 Å². The molecule has 7 nitrogen and oxygen atoms in total. The molecule has 3 unspecified atom stereocenters. The summed E-state index contributed by atoms with van der Waals surface area (Å²) in [7, 11) is 0. The molecule has 2 heterocycles. The standard InChI is InChI=1S/C44H51N3O4/c1-7-34-12-11-13-37(28-34)41-39(31(4)45-32(5)40(41)44(49)51-38-14-9-8-10-15-38)43(48)50-33(6)46-24-26-47(27-25-46)42(35-20-16-29(2)17-21-35)36-22-18-30(3)19-23-36/h1,11-13,16-23,28,33,38,40-42H,8-10,14-15,24-27H2,2-6H3. The average molecular weight is 686 g/mol. The number of benzene rings is 3. The second-order valence-corrected chi connectivity index (χ2v) is 14.5. The molecular weight excluding hydrogens is 635 g/mol. The van der Waals surface area contributed by atoms with Gasteiger partial charge < -0.3 is 9.47 Å². The van der Waals surface area contributed by atoms with Crippen molar-refractivity contribution in [3.63, 3.8) is 0 Å². The van der Waals surface area contributed by atoms with Gasteiger partial charge in [0.05, 0.1) is 11.6 Å². The number of hydrogen-bond donors (Lipinski definition) is 0. The predicted molar refractivity (Wildman–Crippen MR) is 202 cm³/mol. The summed E-state index contributed by atoms with van der Waals surface area (Å²) in [6, 6.07) is 25.3. The molecule has 0 bridgehead atoms. The van der Waals surface area contributed by atoms with Crippen molar-refractivity contribution in [2.45, 2.75) is 91.0 Å². The monoisotopic (exact) mass is 685 g/mol. The zero-order valence-corrected chi connectivity index (χ0v) is 30.7. The van der Waals surface area contributed by atoms with Crippen LogP contribution in [0.25, 0.3) is 0 Å². The molecular formula is C44H51N3O4. The minimum atomic E-state index is -0.759. The highest BCUT2D eigenvalue weighted by atomic mass is 16.6. The third kappa shape index (κ3) is 8.35. The summed E-state index contributed by atoms with van der Waals surface area (Å²) in [4.78, 5) is 37.7. The molecule has 0 N–H and O–H groups in total. The molecule has 3 atom stereocenters. The molecule has 1 saturated heterocycles. The second kappa shape index (κ2) is 16.2. The van der Waals surface area contributed by atoms with Crippen LogP contribution in [-0.2, 0) is 19.1 Å². The van der Waals surface area contributed by atoms with E-state index in [1.807, 2.05) is 45.0 Å². The summed E-state index contributed by atoms with van der Waals surface area (Å²) in [5.74, 6) is 0.496. The van der Waals surface area contributed by atoms with E-state index in [2.05, 4.69) is 78.1 Å². The number of rotatable bonds is 9. The highest BCUT2D eigenvalue weighted by molar-refractivity contribution is 6.07. The van der Waals surface area contributed by atoms with E-state index in [1.165, 1.54) is 22.3 Å². The van der Waals surface area contributed by atoms with Crippen molar-refractivity contribution < 1.29 is 19.1 Å². The number of carbonyl (C=O) groups is 2. The number of carbonyl (C=O) groups excluding carboxylic acids is 2. The highest BCUT2D eigenvalue weighted by Crippen LogP contribution is 2.41. The Kier molecular flexibility index (Phi) is 11.5. The predicted octanol–water partition coefficient (Wildman–Crippen LogP) is 7.91. The van der Waals surface area contributed by atoms with E-state index in [-0.39, 0.29) is 18.1 Å². The second-order valence-electron chi connectivity index (χ2n) is 14.5. The van der Waals surface area contributed by atoms with Gasteiger partial charge in [-0.3, -0.25) is 19.6 Å². The molecule has 3 aliphatic rings. The van der Waals surface area contributed by atoms with Crippen LogP contribution in [0.3, 0.4) is 0 Å². The van der Waals surface area contributed by atoms with Crippen molar-refractivity contribution in [3.8, 4) is 12.3 Å². The summed E-state index contributed by atoms with van der Waals surface area (Å²) in [5, 5.41) is 0. The fourth-order valence-corrected chi connectivity index (χ4v) is 7.97. The molecule has 2 fully saturated rings. The van der Waals surface area contributed by atoms with Crippen LogP contribution in [-0.4, -0.2) is 66.0 Å².